The molecule has 2 N–H and O–H groups in total. The van der Waals surface area contributed by atoms with Gasteiger partial charge in [0.2, 0.25) is 15.7 Å². The summed E-state index contributed by atoms with van der Waals surface area (Å²) in [6.45, 7) is 0. The largest absolute Gasteiger partial charge is 0.361 e. The molecule has 4 rings (SSSR count). The maximum atomic E-state index is 12.7. The first-order valence-corrected chi connectivity index (χ1v) is 11.3. The number of H-pyrrole nitrogens is 1. The van der Waals surface area contributed by atoms with Gasteiger partial charge in [-0.25, -0.2) is 8.42 Å². The molecule has 0 radical (unpaired) electrons. The summed E-state index contributed by atoms with van der Waals surface area (Å²) in [6, 6.07) is 18.4. The fourth-order valence-corrected chi connectivity index (χ4v) is 4.67. The van der Waals surface area contributed by atoms with E-state index in [1.807, 2.05) is 30.5 Å². The van der Waals surface area contributed by atoms with Crippen LogP contribution < -0.4 is 5.32 Å². The van der Waals surface area contributed by atoms with E-state index in [-0.39, 0.29) is 27.8 Å². The molecule has 1 heterocycles. The second-order valence-electron chi connectivity index (χ2n) is 7.19. The molecule has 0 aliphatic carbocycles. The molecule has 32 heavy (non-hydrogen) atoms. The molecule has 0 aliphatic heterocycles. The number of nitro groups is 1. The molecule has 0 spiro atoms. The smallest absolute Gasteiger partial charge is 0.269 e. The van der Waals surface area contributed by atoms with E-state index in [0.717, 1.165) is 28.6 Å². The van der Waals surface area contributed by atoms with Crippen molar-refractivity contribution in [2.24, 2.45) is 0 Å². The van der Waals surface area contributed by atoms with Crippen LogP contribution in [0.2, 0.25) is 0 Å². The van der Waals surface area contributed by atoms with Gasteiger partial charge in [0.15, 0.2) is 0 Å². The molecule has 9 heteroatoms. The van der Waals surface area contributed by atoms with Crippen LogP contribution in [0.4, 0.5) is 11.4 Å². The van der Waals surface area contributed by atoms with Crippen LogP contribution in [0.5, 0.6) is 0 Å². The molecule has 1 amide bonds. The summed E-state index contributed by atoms with van der Waals surface area (Å²) in [5, 5.41) is 14.6. The van der Waals surface area contributed by atoms with Gasteiger partial charge in [0.1, 0.15) is 0 Å². The molecule has 8 nitrogen and oxygen atoms in total. The zero-order valence-electron chi connectivity index (χ0n) is 16.8. The summed E-state index contributed by atoms with van der Waals surface area (Å²) < 4.78 is 25.5. The molecule has 0 aliphatic rings. The Hall–Kier alpha value is -3.98. The number of rotatable bonds is 7. The Kier molecular flexibility index (Phi) is 5.74. The van der Waals surface area contributed by atoms with E-state index >= 15 is 0 Å². The zero-order chi connectivity index (χ0) is 22.7. The van der Waals surface area contributed by atoms with Gasteiger partial charge in [-0.05, 0) is 54.4 Å². The number of benzene rings is 3. The Morgan fingerprint density at radius 2 is 1.56 bits per heavy atom. The SMILES string of the molecule is O=C(CCc1c[nH]c2ccccc12)Nc1ccc(S(=O)(=O)c2ccc([N+](=O)[O-])cc2)cc1. The van der Waals surface area contributed by atoms with Crippen LogP contribution in [-0.2, 0) is 21.1 Å². The number of nitrogens with zero attached hydrogens (tertiary/aromatic N) is 1. The van der Waals surface area contributed by atoms with Gasteiger partial charge in [0.05, 0.1) is 14.7 Å². The third kappa shape index (κ3) is 4.37. The van der Waals surface area contributed by atoms with Crippen molar-refractivity contribution in [3.05, 3.63) is 94.7 Å². The third-order valence-corrected chi connectivity index (χ3v) is 6.89. The van der Waals surface area contributed by atoms with Crippen molar-refractivity contribution in [3.63, 3.8) is 0 Å². The molecule has 1 aromatic heterocycles. The molecular weight excluding hydrogens is 430 g/mol. The quantitative estimate of drug-likeness (QED) is 0.318. The van der Waals surface area contributed by atoms with Gasteiger partial charge in [0.25, 0.3) is 5.69 Å². The minimum absolute atomic E-state index is 0.0307. The monoisotopic (exact) mass is 449 g/mol. The van der Waals surface area contributed by atoms with E-state index in [1.54, 1.807) is 0 Å². The van der Waals surface area contributed by atoms with E-state index < -0.39 is 14.8 Å². The average Bonchev–Trinajstić information content (AvgIpc) is 3.21. The van der Waals surface area contributed by atoms with Gasteiger partial charge in [-0.1, -0.05) is 18.2 Å². The van der Waals surface area contributed by atoms with Crippen LogP contribution in [0.3, 0.4) is 0 Å². The summed E-state index contributed by atoms with van der Waals surface area (Å²) in [7, 11) is -3.83. The first-order valence-electron chi connectivity index (χ1n) is 9.79. The Labute approximate surface area is 184 Å². The summed E-state index contributed by atoms with van der Waals surface area (Å²) in [5.41, 5.74) is 2.37. The number of hydrogen-bond donors (Lipinski definition) is 2. The van der Waals surface area contributed by atoms with E-state index in [9.17, 15) is 23.3 Å². The normalized spacial score (nSPS) is 11.4. The molecule has 0 unspecified atom stereocenters. The molecule has 0 saturated carbocycles. The lowest BCUT2D eigenvalue weighted by Gasteiger charge is -2.08. The highest BCUT2D eigenvalue weighted by molar-refractivity contribution is 7.91. The number of aromatic amines is 1. The van der Waals surface area contributed by atoms with Crippen molar-refractivity contribution in [1.82, 2.24) is 4.98 Å². The average molecular weight is 449 g/mol. The van der Waals surface area contributed by atoms with Crippen molar-refractivity contribution < 1.29 is 18.1 Å². The first-order chi connectivity index (χ1) is 15.3. The van der Waals surface area contributed by atoms with E-state index in [2.05, 4.69) is 10.3 Å². The van der Waals surface area contributed by atoms with Crippen LogP contribution in [0.1, 0.15) is 12.0 Å². The highest BCUT2D eigenvalue weighted by atomic mass is 32.2. The minimum atomic E-state index is -3.83. The number of nitrogens with one attached hydrogen (secondary N) is 2. The Balaban J connectivity index is 1.40. The number of aromatic nitrogens is 1. The second-order valence-corrected chi connectivity index (χ2v) is 9.14. The van der Waals surface area contributed by atoms with Crippen molar-refractivity contribution in [2.45, 2.75) is 22.6 Å². The standard InChI is InChI=1S/C23H19N3O5S/c27-23(14-5-16-15-24-22-4-2-1-3-21(16)22)25-17-6-10-19(11-7-17)32(30,31)20-12-8-18(9-13-20)26(28)29/h1-4,6-13,15,24H,5,14H2,(H,25,27). The predicted octanol–water partition coefficient (Wildman–Crippen LogP) is 4.48. The number of anilines is 1. The number of carbonyl (C=O) groups is 1. The number of hydrogen-bond acceptors (Lipinski definition) is 5. The molecule has 3 aromatic carbocycles. The first kappa shape index (κ1) is 21.3. The fourth-order valence-electron chi connectivity index (χ4n) is 3.41. The second kappa shape index (κ2) is 8.64. The van der Waals surface area contributed by atoms with E-state index in [4.69, 9.17) is 0 Å². The molecule has 162 valence electrons. The maximum absolute atomic E-state index is 12.7. The predicted molar refractivity (Wildman–Crippen MR) is 120 cm³/mol. The number of para-hydroxylation sites is 1. The lowest BCUT2D eigenvalue weighted by molar-refractivity contribution is -0.384. The van der Waals surface area contributed by atoms with Gasteiger partial charge in [-0.3, -0.25) is 14.9 Å². The number of aryl methyl sites for hydroxylation is 1. The van der Waals surface area contributed by atoms with Gasteiger partial charge in [-0.2, -0.15) is 0 Å². The summed E-state index contributed by atoms with van der Waals surface area (Å²) >= 11 is 0. The summed E-state index contributed by atoms with van der Waals surface area (Å²) in [6.07, 6.45) is 2.75. The maximum Gasteiger partial charge on any atom is 0.269 e. The Morgan fingerprint density at radius 3 is 2.22 bits per heavy atom. The third-order valence-electron chi connectivity index (χ3n) is 5.10. The van der Waals surface area contributed by atoms with Crippen LogP contribution in [-0.4, -0.2) is 24.2 Å². The highest BCUT2D eigenvalue weighted by Gasteiger charge is 2.19. The summed E-state index contributed by atoms with van der Waals surface area (Å²) in [5.74, 6) is -0.179. The van der Waals surface area contributed by atoms with Crippen LogP contribution in [0.25, 0.3) is 10.9 Å². The zero-order valence-corrected chi connectivity index (χ0v) is 17.6. The van der Waals surface area contributed by atoms with Crippen LogP contribution >= 0.6 is 0 Å². The number of non-ortho nitro benzene ring substituents is 1. The Bertz CT molecular complexity index is 1390. The number of nitro benzene ring substituents is 1. The van der Waals surface area contributed by atoms with E-state index in [1.165, 1.54) is 36.4 Å². The molecule has 0 bridgehead atoms. The molecule has 4 aromatic rings. The van der Waals surface area contributed by atoms with Crippen LogP contribution in [0.15, 0.2) is 88.8 Å². The number of carbonyl (C=O) groups excluding carboxylic acids is 1. The Morgan fingerprint density at radius 1 is 0.938 bits per heavy atom. The van der Waals surface area contributed by atoms with E-state index in [0.29, 0.717) is 12.1 Å². The highest BCUT2D eigenvalue weighted by Crippen LogP contribution is 2.24. The van der Waals surface area contributed by atoms with Crippen molar-refractivity contribution in [1.29, 1.82) is 0 Å². The number of amides is 1. The topological polar surface area (TPSA) is 122 Å². The van der Waals surface area contributed by atoms with Crippen LogP contribution in [0, 0.1) is 10.1 Å². The van der Waals surface area contributed by atoms with Gasteiger partial charge in [0, 0.05) is 41.3 Å². The lowest BCUT2D eigenvalue weighted by Crippen LogP contribution is -2.12. The van der Waals surface area contributed by atoms with Gasteiger partial charge in [-0.15, -0.1) is 0 Å². The number of sulfone groups is 1. The summed E-state index contributed by atoms with van der Waals surface area (Å²) in [4.78, 5) is 25.7. The number of fused-ring (bicyclic) bond motifs is 1. The molecule has 0 saturated heterocycles. The molecule has 0 atom stereocenters. The van der Waals surface area contributed by atoms with Gasteiger partial charge >= 0.3 is 0 Å². The molecule has 0 fully saturated rings. The van der Waals surface area contributed by atoms with Crippen molar-refractivity contribution >= 4 is 38.0 Å². The van der Waals surface area contributed by atoms with Crippen molar-refractivity contribution in [2.75, 3.05) is 5.32 Å². The van der Waals surface area contributed by atoms with Gasteiger partial charge < -0.3 is 10.3 Å². The van der Waals surface area contributed by atoms with Crippen molar-refractivity contribution in [3.8, 4) is 0 Å². The molecular formula is C23H19N3O5S. The fraction of sp³-hybridized carbons (Fsp3) is 0.0870. The lowest BCUT2D eigenvalue weighted by atomic mass is 10.1. The minimum Gasteiger partial charge on any atom is -0.361 e.